The molecule has 0 aliphatic heterocycles. The molecule has 0 radical (unpaired) electrons. The van der Waals surface area contributed by atoms with Crippen LogP contribution >= 0.6 is 0 Å². The van der Waals surface area contributed by atoms with E-state index in [1.807, 2.05) is 36.4 Å². The number of aromatic nitrogens is 1. The fraction of sp³-hybridized carbons (Fsp3) is 0.143. The number of phenols is 1. The lowest BCUT2D eigenvalue weighted by Gasteiger charge is -2.15. The lowest BCUT2D eigenvalue weighted by Crippen LogP contribution is -2.18. The first kappa shape index (κ1) is 17.6. The van der Waals surface area contributed by atoms with Crippen molar-refractivity contribution in [2.75, 3.05) is 5.32 Å². The van der Waals surface area contributed by atoms with Crippen LogP contribution in [-0.4, -0.2) is 16.0 Å². The second-order valence-electron chi connectivity index (χ2n) is 6.09. The number of rotatable bonds is 6. The van der Waals surface area contributed by atoms with Crippen LogP contribution in [0.3, 0.4) is 0 Å². The molecule has 26 heavy (non-hydrogen) atoms. The molecule has 1 atom stereocenters. The van der Waals surface area contributed by atoms with Gasteiger partial charge >= 0.3 is 0 Å². The van der Waals surface area contributed by atoms with Crippen LogP contribution in [0.4, 0.5) is 5.69 Å². The molecule has 132 valence electrons. The van der Waals surface area contributed by atoms with Crippen molar-refractivity contribution >= 4 is 11.6 Å². The summed E-state index contributed by atoms with van der Waals surface area (Å²) in [5, 5.41) is 15.8. The summed E-state index contributed by atoms with van der Waals surface area (Å²) in [7, 11) is 0. The van der Waals surface area contributed by atoms with E-state index in [0.29, 0.717) is 12.1 Å². The maximum atomic E-state index is 12.1. The van der Waals surface area contributed by atoms with Crippen molar-refractivity contribution in [2.45, 2.75) is 19.5 Å². The molecule has 1 amide bonds. The third-order valence-electron chi connectivity index (χ3n) is 4.12. The van der Waals surface area contributed by atoms with E-state index in [0.717, 1.165) is 16.8 Å². The predicted molar refractivity (Wildman–Crippen MR) is 102 cm³/mol. The quantitative estimate of drug-likeness (QED) is 0.632. The number of anilines is 1. The van der Waals surface area contributed by atoms with Gasteiger partial charge in [0.2, 0.25) is 0 Å². The number of nitrogens with one attached hydrogen (secondary N) is 2. The maximum absolute atomic E-state index is 12.1. The second-order valence-corrected chi connectivity index (χ2v) is 6.09. The van der Waals surface area contributed by atoms with E-state index < -0.39 is 0 Å². The van der Waals surface area contributed by atoms with Crippen LogP contribution in [0.5, 0.6) is 5.75 Å². The average Bonchev–Trinajstić information content (AvgIpc) is 2.68. The van der Waals surface area contributed by atoms with Crippen molar-refractivity contribution in [2.24, 2.45) is 0 Å². The molecule has 0 aliphatic carbocycles. The Labute approximate surface area is 152 Å². The highest BCUT2D eigenvalue weighted by molar-refractivity contribution is 6.03. The molecule has 1 heterocycles. The van der Waals surface area contributed by atoms with Crippen LogP contribution in [0.1, 0.15) is 34.5 Å². The van der Waals surface area contributed by atoms with E-state index in [-0.39, 0.29) is 17.7 Å². The number of pyridine rings is 1. The van der Waals surface area contributed by atoms with Gasteiger partial charge in [-0.1, -0.05) is 24.3 Å². The van der Waals surface area contributed by atoms with Gasteiger partial charge in [0.1, 0.15) is 5.75 Å². The minimum atomic E-state index is -0.179. The topological polar surface area (TPSA) is 74.2 Å². The highest BCUT2D eigenvalue weighted by Gasteiger charge is 2.07. The molecule has 3 aromatic rings. The molecule has 5 heteroatoms. The molecular weight excluding hydrogens is 326 g/mol. The smallest absolute Gasteiger partial charge is 0.257 e. The molecule has 1 aromatic heterocycles. The number of carbonyl (C=O) groups excluding carboxylic acids is 1. The molecule has 1 unspecified atom stereocenters. The molecule has 0 saturated heterocycles. The zero-order valence-electron chi connectivity index (χ0n) is 14.5. The van der Waals surface area contributed by atoms with Crippen LogP contribution < -0.4 is 10.6 Å². The van der Waals surface area contributed by atoms with Crippen molar-refractivity contribution in [1.29, 1.82) is 0 Å². The van der Waals surface area contributed by atoms with E-state index in [4.69, 9.17) is 0 Å². The number of nitrogens with zero attached hydrogens (tertiary/aromatic N) is 1. The number of hydrogen-bond acceptors (Lipinski definition) is 4. The van der Waals surface area contributed by atoms with E-state index in [1.165, 1.54) is 6.20 Å². The maximum Gasteiger partial charge on any atom is 0.257 e. The van der Waals surface area contributed by atoms with Crippen molar-refractivity contribution in [3.05, 3.63) is 89.7 Å². The molecular formula is C21H21N3O2. The zero-order valence-corrected chi connectivity index (χ0v) is 14.5. The minimum Gasteiger partial charge on any atom is -0.508 e. The van der Waals surface area contributed by atoms with Crippen LogP contribution in [0.2, 0.25) is 0 Å². The summed E-state index contributed by atoms with van der Waals surface area (Å²) >= 11 is 0. The third-order valence-corrected chi connectivity index (χ3v) is 4.12. The van der Waals surface area contributed by atoms with Gasteiger partial charge < -0.3 is 15.7 Å². The number of amides is 1. The van der Waals surface area contributed by atoms with Crippen LogP contribution in [0.15, 0.2) is 73.1 Å². The summed E-state index contributed by atoms with van der Waals surface area (Å²) in [4.78, 5) is 16.1. The Morgan fingerprint density at radius 2 is 1.92 bits per heavy atom. The largest absolute Gasteiger partial charge is 0.508 e. The van der Waals surface area contributed by atoms with Crippen molar-refractivity contribution in [1.82, 2.24) is 10.3 Å². The van der Waals surface area contributed by atoms with Crippen LogP contribution in [-0.2, 0) is 6.54 Å². The van der Waals surface area contributed by atoms with Crippen molar-refractivity contribution in [3.8, 4) is 5.75 Å². The predicted octanol–water partition coefficient (Wildman–Crippen LogP) is 3.89. The number of carbonyl (C=O) groups is 1. The fourth-order valence-corrected chi connectivity index (χ4v) is 2.59. The molecule has 3 N–H and O–H groups in total. The van der Waals surface area contributed by atoms with Gasteiger partial charge in [0.05, 0.1) is 5.56 Å². The van der Waals surface area contributed by atoms with Gasteiger partial charge in [-0.3, -0.25) is 9.78 Å². The SMILES string of the molecule is CC(NCc1ccc(NC(=O)c2cccnc2)cc1)c1cccc(O)c1. The molecule has 0 saturated carbocycles. The Kier molecular flexibility index (Phi) is 5.61. The van der Waals surface area contributed by atoms with Crippen LogP contribution in [0, 0.1) is 0 Å². The third kappa shape index (κ3) is 4.68. The summed E-state index contributed by atoms with van der Waals surface area (Å²) in [6.07, 6.45) is 3.17. The first-order valence-corrected chi connectivity index (χ1v) is 8.44. The second kappa shape index (κ2) is 8.27. The van der Waals surface area contributed by atoms with E-state index in [2.05, 4.69) is 22.5 Å². The summed E-state index contributed by atoms with van der Waals surface area (Å²) in [6, 6.07) is 18.5. The first-order valence-electron chi connectivity index (χ1n) is 8.44. The molecule has 3 rings (SSSR count). The minimum absolute atomic E-state index is 0.118. The number of benzene rings is 2. The lowest BCUT2D eigenvalue weighted by molar-refractivity contribution is 0.102. The van der Waals surface area contributed by atoms with Crippen molar-refractivity contribution in [3.63, 3.8) is 0 Å². The molecule has 2 aromatic carbocycles. The highest BCUT2D eigenvalue weighted by atomic mass is 16.3. The first-order chi connectivity index (χ1) is 12.6. The Hall–Kier alpha value is -3.18. The Balaban J connectivity index is 1.55. The molecule has 0 spiro atoms. The van der Waals surface area contributed by atoms with Gasteiger partial charge in [-0.05, 0) is 54.4 Å². The molecule has 0 bridgehead atoms. The normalized spacial score (nSPS) is 11.7. The number of hydrogen-bond donors (Lipinski definition) is 3. The Bertz CT molecular complexity index is 864. The van der Waals surface area contributed by atoms with Gasteiger partial charge in [-0.15, -0.1) is 0 Å². The van der Waals surface area contributed by atoms with Gasteiger partial charge in [0.15, 0.2) is 0 Å². The summed E-state index contributed by atoms with van der Waals surface area (Å²) in [5.74, 6) is 0.0892. The number of phenolic OH excluding ortho intramolecular Hbond substituents is 1. The average molecular weight is 347 g/mol. The fourth-order valence-electron chi connectivity index (χ4n) is 2.59. The highest BCUT2D eigenvalue weighted by Crippen LogP contribution is 2.18. The van der Waals surface area contributed by atoms with Gasteiger partial charge in [-0.25, -0.2) is 0 Å². The summed E-state index contributed by atoms with van der Waals surface area (Å²) in [6.45, 7) is 2.74. The summed E-state index contributed by atoms with van der Waals surface area (Å²) in [5.41, 5.74) is 3.41. The standard InChI is InChI=1S/C21H21N3O2/c1-15(17-4-2-6-20(25)12-17)23-13-16-7-9-19(10-8-16)24-21(26)18-5-3-11-22-14-18/h2-12,14-15,23,25H,13H2,1H3,(H,24,26). The molecule has 0 fully saturated rings. The van der Waals surface area contributed by atoms with E-state index >= 15 is 0 Å². The van der Waals surface area contributed by atoms with Crippen molar-refractivity contribution < 1.29 is 9.90 Å². The molecule has 0 aliphatic rings. The van der Waals surface area contributed by atoms with Crippen LogP contribution in [0.25, 0.3) is 0 Å². The number of aromatic hydroxyl groups is 1. The Morgan fingerprint density at radius 1 is 1.12 bits per heavy atom. The summed E-state index contributed by atoms with van der Waals surface area (Å²) < 4.78 is 0. The van der Waals surface area contributed by atoms with Gasteiger partial charge in [0, 0.05) is 30.7 Å². The Morgan fingerprint density at radius 3 is 2.62 bits per heavy atom. The van der Waals surface area contributed by atoms with E-state index in [9.17, 15) is 9.90 Å². The zero-order chi connectivity index (χ0) is 18.4. The van der Waals surface area contributed by atoms with Gasteiger partial charge in [0.25, 0.3) is 5.91 Å². The van der Waals surface area contributed by atoms with Gasteiger partial charge in [-0.2, -0.15) is 0 Å². The monoisotopic (exact) mass is 347 g/mol. The molecule has 5 nitrogen and oxygen atoms in total. The lowest BCUT2D eigenvalue weighted by atomic mass is 10.1. The van der Waals surface area contributed by atoms with E-state index in [1.54, 1.807) is 30.5 Å².